The zero-order valence-corrected chi connectivity index (χ0v) is 12.7. The van der Waals surface area contributed by atoms with Crippen LogP contribution < -0.4 is 5.32 Å². The predicted octanol–water partition coefficient (Wildman–Crippen LogP) is 3.97. The fourth-order valence-electron chi connectivity index (χ4n) is 2.04. The number of benzene rings is 1. The maximum Gasteiger partial charge on any atom is 0.435 e. The Labute approximate surface area is 136 Å². The van der Waals surface area contributed by atoms with Gasteiger partial charge in [-0.25, -0.2) is 17.6 Å². The van der Waals surface area contributed by atoms with Crippen molar-refractivity contribution in [3.8, 4) is 0 Å². The molecule has 0 aliphatic heterocycles. The van der Waals surface area contributed by atoms with E-state index in [2.05, 4.69) is 5.10 Å². The molecule has 25 heavy (non-hydrogen) atoms. The Morgan fingerprint density at radius 2 is 1.64 bits per heavy atom. The quantitative estimate of drug-likeness (QED) is 0.658. The first-order chi connectivity index (χ1) is 11.4. The second-order valence-corrected chi connectivity index (χ2v) is 5.12. The summed E-state index contributed by atoms with van der Waals surface area (Å²) in [6, 6.07) is -0.815. The monoisotopic (exact) mass is 369 g/mol. The number of nitrogens with one attached hydrogen (secondary N) is 1. The summed E-state index contributed by atoms with van der Waals surface area (Å²) in [5, 5.41) is 4.84. The van der Waals surface area contributed by atoms with Gasteiger partial charge in [0.25, 0.3) is 0 Å². The van der Waals surface area contributed by atoms with Crippen LogP contribution in [0.5, 0.6) is 0 Å². The molecule has 11 heteroatoms. The van der Waals surface area contributed by atoms with Crippen LogP contribution in [0.15, 0.2) is 12.1 Å². The minimum absolute atomic E-state index is 0.0446. The van der Waals surface area contributed by atoms with Gasteiger partial charge >= 0.3 is 6.18 Å². The second kappa shape index (κ2) is 6.37. The van der Waals surface area contributed by atoms with Crippen LogP contribution in [0.4, 0.5) is 36.4 Å². The molecule has 1 aromatic heterocycles. The lowest BCUT2D eigenvalue weighted by atomic mass is 10.2. The first-order valence-electron chi connectivity index (χ1n) is 6.70. The normalized spacial score (nSPS) is 13.0. The van der Waals surface area contributed by atoms with Crippen molar-refractivity contribution in [2.24, 2.45) is 0 Å². The van der Waals surface area contributed by atoms with E-state index in [9.17, 15) is 35.5 Å². The largest absolute Gasteiger partial charge is 0.435 e. The Bertz CT molecular complexity index is 803. The van der Waals surface area contributed by atoms with Gasteiger partial charge in [-0.2, -0.15) is 18.3 Å². The van der Waals surface area contributed by atoms with E-state index in [-0.39, 0.29) is 11.8 Å². The zero-order valence-electron chi connectivity index (χ0n) is 12.7. The molecule has 1 N–H and O–H groups in total. The summed E-state index contributed by atoms with van der Waals surface area (Å²) in [6.45, 7) is 2.33. The predicted molar refractivity (Wildman–Crippen MR) is 71.6 cm³/mol. The molecule has 2 aromatic rings. The Hall–Kier alpha value is -2.59. The number of nitrogens with zero attached hydrogens (tertiary/aromatic N) is 2. The third-order valence-electron chi connectivity index (χ3n) is 3.32. The number of amides is 1. The van der Waals surface area contributed by atoms with Crippen LogP contribution in [0.3, 0.4) is 0 Å². The molecule has 0 fully saturated rings. The summed E-state index contributed by atoms with van der Waals surface area (Å²) in [4.78, 5) is 12.0. The van der Waals surface area contributed by atoms with Gasteiger partial charge in [0.05, 0.1) is 0 Å². The Kier molecular flexibility index (Phi) is 4.78. The fourth-order valence-corrected chi connectivity index (χ4v) is 2.04. The third-order valence-corrected chi connectivity index (χ3v) is 3.32. The number of anilines is 1. The lowest BCUT2D eigenvalue weighted by Crippen LogP contribution is -2.27. The molecule has 0 spiro atoms. The highest BCUT2D eigenvalue weighted by Gasteiger charge is 2.35. The molecule has 136 valence electrons. The van der Waals surface area contributed by atoms with E-state index in [0.717, 1.165) is 6.92 Å². The van der Waals surface area contributed by atoms with Crippen LogP contribution in [-0.4, -0.2) is 15.7 Å². The lowest BCUT2D eigenvalue weighted by Gasteiger charge is -2.15. The summed E-state index contributed by atoms with van der Waals surface area (Å²) in [5.74, 6) is -8.38. The van der Waals surface area contributed by atoms with Gasteiger partial charge in [-0.3, -0.25) is 9.48 Å². The second-order valence-electron chi connectivity index (χ2n) is 5.12. The van der Waals surface area contributed by atoms with Crippen molar-refractivity contribution < 1.29 is 35.5 Å². The van der Waals surface area contributed by atoms with Gasteiger partial charge in [0, 0.05) is 11.8 Å². The van der Waals surface area contributed by atoms with Crippen molar-refractivity contribution in [3.05, 3.63) is 46.8 Å². The highest BCUT2D eigenvalue weighted by molar-refractivity contribution is 5.93. The van der Waals surface area contributed by atoms with Crippen molar-refractivity contribution in [3.63, 3.8) is 0 Å². The smallest absolute Gasteiger partial charge is 0.319 e. The fraction of sp³-hybridized carbons (Fsp3) is 0.286. The maximum absolute atomic E-state index is 13.5. The van der Waals surface area contributed by atoms with E-state index in [0.29, 0.717) is 10.7 Å². The Morgan fingerprint density at radius 3 is 2.08 bits per heavy atom. The molecule has 0 aliphatic carbocycles. The Morgan fingerprint density at radius 1 is 1.12 bits per heavy atom. The zero-order chi connectivity index (χ0) is 19.1. The van der Waals surface area contributed by atoms with Crippen molar-refractivity contribution in [2.45, 2.75) is 26.1 Å². The molecule has 0 aliphatic rings. The van der Waals surface area contributed by atoms with Gasteiger partial charge in [-0.1, -0.05) is 0 Å². The molecule has 4 nitrogen and oxygen atoms in total. The first-order valence-corrected chi connectivity index (χ1v) is 6.70. The van der Waals surface area contributed by atoms with Crippen molar-refractivity contribution in [1.29, 1.82) is 0 Å². The molecule has 1 aromatic carbocycles. The van der Waals surface area contributed by atoms with Crippen LogP contribution in [-0.2, 0) is 11.0 Å². The molecular formula is C14H10F7N3O. The topological polar surface area (TPSA) is 46.9 Å². The van der Waals surface area contributed by atoms with Crippen LogP contribution in [0.2, 0.25) is 0 Å². The Balaban J connectivity index is 2.33. The molecule has 1 amide bonds. The molecule has 1 atom stereocenters. The van der Waals surface area contributed by atoms with E-state index in [4.69, 9.17) is 0 Å². The number of aromatic nitrogens is 2. The van der Waals surface area contributed by atoms with Gasteiger partial charge in [-0.15, -0.1) is 0 Å². The molecule has 0 bridgehead atoms. The summed E-state index contributed by atoms with van der Waals surface area (Å²) in [6.07, 6.45) is -4.75. The first kappa shape index (κ1) is 18.7. The van der Waals surface area contributed by atoms with Crippen molar-refractivity contribution in [2.75, 3.05) is 5.32 Å². The number of alkyl halides is 3. The van der Waals surface area contributed by atoms with Crippen LogP contribution in [0.1, 0.15) is 24.4 Å². The van der Waals surface area contributed by atoms with Crippen LogP contribution in [0, 0.1) is 30.2 Å². The number of halogens is 7. The summed E-state index contributed by atoms with van der Waals surface area (Å²) in [5.41, 5.74) is -2.70. The number of hydrogen-bond acceptors (Lipinski definition) is 2. The van der Waals surface area contributed by atoms with Gasteiger partial charge in [-0.05, 0) is 19.9 Å². The number of hydrogen-bond donors (Lipinski definition) is 1. The van der Waals surface area contributed by atoms with E-state index < -0.39 is 52.8 Å². The SMILES string of the molecule is Cc1cc(C(F)(F)F)nn1C(C)C(=O)Nc1c(F)c(F)cc(F)c1F. The maximum atomic E-state index is 13.5. The van der Waals surface area contributed by atoms with E-state index in [1.807, 2.05) is 0 Å². The minimum Gasteiger partial charge on any atom is -0.319 e. The molecular weight excluding hydrogens is 359 g/mol. The third kappa shape index (κ3) is 3.59. The van der Waals surface area contributed by atoms with E-state index in [1.165, 1.54) is 6.92 Å². The lowest BCUT2D eigenvalue weighted by molar-refractivity contribution is -0.141. The van der Waals surface area contributed by atoms with Gasteiger partial charge in [0.2, 0.25) is 5.91 Å². The van der Waals surface area contributed by atoms with Crippen LogP contribution >= 0.6 is 0 Å². The molecule has 2 rings (SSSR count). The van der Waals surface area contributed by atoms with Crippen molar-refractivity contribution in [1.82, 2.24) is 9.78 Å². The average molecular weight is 369 g/mol. The minimum atomic E-state index is -4.75. The number of aryl methyl sites for hydroxylation is 1. The standard InChI is InChI=1S/C14H10F7N3O/c1-5-3-9(14(19,20)21)23-24(5)6(2)13(25)22-12-10(17)7(15)4-8(16)11(12)18/h3-4,6H,1-2H3,(H,22,25). The van der Waals surface area contributed by atoms with E-state index >= 15 is 0 Å². The van der Waals surface area contributed by atoms with Gasteiger partial charge in [0.15, 0.2) is 29.0 Å². The molecule has 1 heterocycles. The van der Waals surface area contributed by atoms with Gasteiger partial charge in [0.1, 0.15) is 11.7 Å². The number of rotatable bonds is 3. The average Bonchev–Trinajstić information content (AvgIpc) is 2.90. The summed E-state index contributed by atoms with van der Waals surface area (Å²) < 4.78 is 91.9. The number of carbonyl (C=O) groups excluding carboxylic acids is 1. The summed E-state index contributed by atoms with van der Waals surface area (Å²) in [7, 11) is 0. The summed E-state index contributed by atoms with van der Waals surface area (Å²) >= 11 is 0. The highest BCUT2D eigenvalue weighted by atomic mass is 19.4. The molecule has 1 unspecified atom stereocenters. The molecule has 0 radical (unpaired) electrons. The number of carbonyl (C=O) groups is 1. The van der Waals surface area contributed by atoms with Gasteiger partial charge < -0.3 is 5.32 Å². The highest BCUT2D eigenvalue weighted by Crippen LogP contribution is 2.30. The molecule has 0 saturated heterocycles. The van der Waals surface area contributed by atoms with Crippen LogP contribution in [0.25, 0.3) is 0 Å². The van der Waals surface area contributed by atoms with Crippen molar-refractivity contribution >= 4 is 11.6 Å². The van der Waals surface area contributed by atoms with E-state index in [1.54, 1.807) is 5.32 Å². The molecule has 0 saturated carbocycles.